The number of benzene rings is 1. The van der Waals surface area contributed by atoms with Crippen molar-refractivity contribution in [2.45, 2.75) is 44.7 Å². The highest BCUT2D eigenvalue weighted by Gasteiger charge is 2.24. The van der Waals surface area contributed by atoms with E-state index in [0.29, 0.717) is 5.56 Å². The minimum atomic E-state index is -0.0343. The molecule has 1 aliphatic rings. The van der Waals surface area contributed by atoms with Gasteiger partial charge in [0.1, 0.15) is 0 Å². The van der Waals surface area contributed by atoms with E-state index >= 15 is 0 Å². The summed E-state index contributed by atoms with van der Waals surface area (Å²) in [4.78, 5) is 12.2. The Labute approximate surface area is 116 Å². The molecule has 2 rings (SSSR count). The van der Waals surface area contributed by atoms with E-state index in [4.69, 9.17) is 5.73 Å². The minimum absolute atomic E-state index is 0.0343. The van der Waals surface area contributed by atoms with Crippen molar-refractivity contribution in [2.75, 3.05) is 0 Å². The molecule has 3 nitrogen and oxygen atoms in total. The first-order valence-electron chi connectivity index (χ1n) is 6.40. The Hall–Kier alpha value is -0.870. The highest BCUT2D eigenvalue weighted by atomic mass is 79.9. The van der Waals surface area contributed by atoms with Gasteiger partial charge in [-0.1, -0.05) is 24.5 Å². The van der Waals surface area contributed by atoms with Crippen molar-refractivity contribution in [3.8, 4) is 0 Å². The van der Waals surface area contributed by atoms with Crippen LogP contribution in [0, 0.1) is 6.92 Å². The average Bonchev–Trinajstić information content (AvgIpc) is 2.35. The average molecular weight is 311 g/mol. The van der Waals surface area contributed by atoms with Crippen LogP contribution in [0.25, 0.3) is 0 Å². The van der Waals surface area contributed by atoms with Crippen molar-refractivity contribution in [3.05, 3.63) is 33.8 Å². The highest BCUT2D eigenvalue weighted by molar-refractivity contribution is 9.10. The molecule has 3 N–H and O–H groups in total. The molecule has 0 aliphatic heterocycles. The number of hydrogen-bond donors (Lipinski definition) is 2. The lowest BCUT2D eigenvalue weighted by molar-refractivity contribution is 0.0920. The van der Waals surface area contributed by atoms with Crippen LogP contribution in [0.3, 0.4) is 0 Å². The van der Waals surface area contributed by atoms with Crippen LogP contribution >= 0.6 is 15.9 Å². The van der Waals surface area contributed by atoms with E-state index in [1.807, 2.05) is 25.1 Å². The molecule has 1 saturated carbocycles. The smallest absolute Gasteiger partial charge is 0.252 e. The molecule has 0 spiro atoms. The van der Waals surface area contributed by atoms with Crippen molar-refractivity contribution in [2.24, 2.45) is 5.73 Å². The van der Waals surface area contributed by atoms with Gasteiger partial charge < -0.3 is 11.1 Å². The predicted molar refractivity (Wildman–Crippen MR) is 76.6 cm³/mol. The Morgan fingerprint density at radius 2 is 2.11 bits per heavy atom. The summed E-state index contributed by atoms with van der Waals surface area (Å²) in [5, 5.41) is 3.06. The van der Waals surface area contributed by atoms with Crippen molar-refractivity contribution in [1.29, 1.82) is 0 Å². The number of rotatable bonds is 2. The molecule has 18 heavy (non-hydrogen) atoms. The SMILES string of the molecule is Cc1ccc(Br)c(C(=O)N[C@@H]2CCCC[C@H]2N)c1. The van der Waals surface area contributed by atoms with Gasteiger partial charge in [-0.05, 0) is 47.8 Å². The summed E-state index contributed by atoms with van der Waals surface area (Å²) < 4.78 is 0.829. The lowest BCUT2D eigenvalue weighted by Gasteiger charge is -2.29. The highest BCUT2D eigenvalue weighted by Crippen LogP contribution is 2.20. The summed E-state index contributed by atoms with van der Waals surface area (Å²) in [6.07, 6.45) is 4.30. The molecule has 4 heteroatoms. The van der Waals surface area contributed by atoms with E-state index in [2.05, 4.69) is 21.2 Å². The van der Waals surface area contributed by atoms with Crippen LogP contribution in [0.4, 0.5) is 0 Å². The summed E-state index contributed by atoms with van der Waals surface area (Å²) in [6, 6.07) is 5.98. The number of carbonyl (C=O) groups excluding carboxylic acids is 1. The zero-order valence-corrected chi connectivity index (χ0v) is 12.2. The van der Waals surface area contributed by atoms with Crippen LogP contribution in [0.1, 0.15) is 41.6 Å². The van der Waals surface area contributed by atoms with E-state index in [-0.39, 0.29) is 18.0 Å². The van der Waals surface area contributed by atoms with Gasteiger partial charge in [0.15, 0.2) is 0 Å². The second kappa shape index (κ2) is 5.85. The number of aryl methyl sites for hydroxylation is 1. The van der Waals surface area contributed by atoms with E-state index in [1.165, 1.54) is 6.42 Å². The van der Waals surface area contributed by atoms with Gasteiger partial charge in [-0.3, -0.25) is 4.79 Å². The van der Waals surface area contributed by atoms with E-state index in [1.54, 1.807) is 0 Å². The molecular formula is C14H19BrN2O. The first-order chi connectivity index (χ1) is 8.58. The third-order valence-electron chi connectivity index (χ3n) is 3.50. The molecule has 1 aromatic carbocycles. The number of carbonyl (C=O) groups is 1. The summed E-state index contributed by atoms with van der Waals surface area (Å²) >= 11 is 3.42. The van der Waals surface area contributed by atoms with Gasteiger partial charge in [0.25, 0.3) is 5.91 Å². The lowest BCUT2D eigenvalue weighted by atomic mass is 9.91. The molecule has 1 fully saturated rings. The van der Waals surface area contributed by atoms with Gasteiger partial charge in [0.2, 0.25) is 0 Å². The molecule has 0 radical (unpaired) electrons. The fourth-order valence-corrected chi connectivity index (χ4v) is 2.82. The molecule has 2 atom stereocenters. The Kier molecular flexibility index (Phi) is 4.40. The molecule has 1 aliphatic carbocycles. The number of nitrogens with one attached hydrogen (secondary N) is 1. The molecule has 0 unspecified atom stereocenters. The summed E-state index contributed by atoms with van der Waals surface area (Å²) in [6.45, 7) is 1.98. The van der Waals surface area contributed by atoms with Gasteiger partial charge in [-0.2, -0.15) is 0 Å². The molecule has 0 bridgehead atoms. The topological polar surface area (TPSA) is 55.1 Å². The quantitative estimate of drug-likeness (QED) is 0.882. The van der Waals surface area contributed by atoms with Crippen LogP contribution in [0.2, 0.25) is 0 Å². The standard InChI is InChI=1S/C14H19BrN2O/c1-9-6-7-11(15)10(8-9)14(18)17-13-5-3-2-4-12(13)16/h6-8,12-13H,2-5,16H2,1H3,(H,17,18)/t12-,13-/m1/s1. The van der Waals surface area contributed by atoms with Crippen molar-refractivity contribution in [1.82, 2.24) is 5.32 Å². The maximum absolute atomic E-state index is 12.2. The maximum atomic E-state index is 12.2. The molecule has 1 aromatic rings. The van der Waals surface area contributed by atoms with Gasteiger partial charge >= 0.3 is 0 Å². The second-order valence-corrected chi connectivity index (χ2v) is 5.87. The van der Waals surface area contributed by atoms with Crippen LogP contribution in [0.5, 0.6) is 0 Å². The molecular weight excluding hydrogens is 292 g/mol. The normalized spacial score (nSPS) is 23.7. The second-order valence-electron chi connectivity index (χ2n) is 5.01. The zero-order valence-electron chi connectivity index (χ0n) is 10.6. The Bertz CT molecular complexity index is 447. The van der Waals surface area contributed by atoms with Crippen LogP contribution in [-0.2, 0) is 0 Å². The fraction of sp³-hybridized carbons (Fsp3) is 0.500. The summed E-state index contributed by atoms with van der Waals surface area (Å²) in [5.74, 6) is -0.0343. The van der Waals surface area contributed by atoms with Crippen LogP contribution in [0.15, 0.2) is 22.7 Å². The first kappa shape index (κ1) is 13.6. The molecule has 0 heterocycles. The summed E-state index contributed by atoms with van der Waals surface area (Å²) in [5.41, 5.74) is 7.81. The van der Waals surface area contributed by atoms with Gasteiger partial charge in [0.05, 0.1) is 5.56 Å². The third-order valence-corrected chi connectivity index (χ3v) is 4.19. The number of amides is 1. The summed E-state index contributed by atoms with van der Waals surface area (Å²) in [7, 11) is 0. The number of hydrogen-bond acceptors (Lipinski definition) is 2. The molecule has 98 valence electrons. The van der Waals surface area contributed by atoms with Crippen LogP contribution < -0.4 is 11.1 Å². The van der Waals surface area contributed by atoms with Crippen molar-refractivity contribution in [3.63, 3.8) is 0 Å². The lowest BCUT2D eigenvalue weighted by Crippen LogP contribution is -2.49. The fourth-order valence-electron chi connectivity index (χ4n) is 2.40. The third kappa shape index (κ3) is 3.12. The van der Waals surface area contributed by atoms with Gasteiger partial charge in [-0.15, -0.1) is 0 Å². The van der Waals surface area contributed by atoms with Crippen molar-refractivity contribution < 1.29 is 4.79 Å². The largest absolute Gasteiger partial charge is 0.348 e. The maximum Gasteiger partial charge on any atom is 0.252 e. The predicted octanol–water partition coefficient (Wildman–Crippen LogP) is 2.76. The van der Waals surface area contributed by atoms with Crippen LogP contribution in [-0.4, -0.2) is 18.0 Å². The Morgan fingerprint density at radius 1 is 1.39 bits per heavy atom. The molecule has 0 aromatic heterocycles. The minimum Gasteiger partial charge on any atom is -0.348 e. The number of halogens is 1. The monoisotopic (exact) mass is 310 g/mol. The number of nitrogens with two attached hydrogens (primary N) is 1. The Balaban J connectivity index is 2.09. The molecule has 1 amide bonds. The zero-order chi connectivity index (χ0) is 13.1. The van der Waals surface area contributed by atoms with Gasteiger partial charge in [-0.25, -0.2) is 0 Å². The van der Waals surface area contributed by atoms with E-state index in [9.17, 15) is 4.79 Å². The molecule has 0 saturated heterocycles. The van der Waals surface area contributed by atoms with Gasteiger partial charge in [0, 0.05) is 16.6 Å². The van der Waals surface area contributed by atoms with Crippen molar-refractivity contribution >= 4 is 21.8 Å². The van der Waals surface area contributed by atoms with E-state index in [0.717, 1.165) is 29.3 Å². The Morgan fingerprint density at radius 3 is 2.83 bits per heavy atom. The first-order valence-corrected chi connectivity index (χ1v) is 7.20. The van der Waals surface area contributed by atoms with E-state index < -0.39 is 0 Å².